The molecule has 0 saturated carbocycles. The summed E-state index contributed by atoms with van der Waals surface area (Å²) in [5.74, 6) is -1.09. The Kier molecular flexibility index (Phi) is 8.58. The first-order valence-corrected chi connectivity index (χ1v) is 12.3. The Morgan fingerprint density at radius 3 is 2.24 bits per heavy atom. The summed E-state index contributed by atoms with van der Waals surface area (Å²) < 4.78 is 5.79. The van der Waals surface area contributed by atoms with Gasteiger partial charge in [0.25, 0.3) is 11.8 Å². The number of carbonyl (C=O) groups is 5. The first kappa shape index (κ1) is 25.6. The van der Waals surface area contributed by atoms with Crippen LogP contribution in [0, 0.1) is 0 Å². The number of imide groups is 1. The van der Waals surface area contributed by atoms with Crippen LogP contribution in [0.2, 0.25) is 0 Å². The minimum atomic E-state index is -0.941. The summed E-state index contributed by atoms with van der Waals surface area (Å²) in [5, 5.41) is 0. The SMILES string of the molecule is CCC1(OC(=O)CCC(C)=O)CCCCN1C(=O)CCCCCN1C(=O)c2ccccc2C1=O. The monoisotopic (exact) mass is 470 g/mol. The summed E-state index contributed by atoms with van der Waals surface area (Å²) in [6.07, 6.45) is 5.26. The van der Waals surface area contributed by atoms with Crippen molar-refractivity contribution in [1.29, 1.82) is 0 Å². The van der Waals surface area contributed by atoms with E-state index in [1.807, 2.05) is 6.92 Å². The number of carbonyl (C=O) groups excluding carboxylic acids is 5. The zero-order chi connectivity index (χ0) is 24.7. The van der Waals surface area contributed by atoms with Crippen LogP contribution in [0.25, 0.3) is 0 Å². The smallest absolute Gasteiger partial charge is 0.308 e. The number of likely N-dealkylation sites (tertiary alicyclic amines) is 1. The quantitative estimate of drug-likeness (QED) is 0.276. The molecule has 8 heteroatoms. The molecule has 1 atom stereocenters. The molecular weight excluding hydrogens is 436 g/mol. The molecule has 0 spiro atoms. The van der Waals surface area contributed by atoms with Gasteiger partial charge in [0.15, 0.2) is 5.72 Å². The highest BCUT2D eigenvalue weighted by Crippen LogP contribution is 2.34. The molecule has 3 amide bonds. The van der Waals surface area contributed by atoms with Gasteiger partial charge in [0.1, 0.15) is 5.78 Å². The summed E-state index contributed by atoms with van der Waals surface area (Å²) in [6, 6.07) is 6.83. The lowest BCUT2D eigenvalue weighted by atomic mass is 9.94. The lowest BCUT2D eigenvalue weighted by Crippen LogP contribution is -2.56. The molecule has 1 aromatic rings. The van der Waals surface area contributed by atoms with E-state index in [1.54, 1.807) is 29.2 Å². The normalized spacial score (nSPS) is 19.8. The van der Waals surface area contributed by atoms with Crippen molar-refractivity contribution < 1.29 is 28.7 Å². The number of benzene rings is 1. The van der Waals surface area contributed by atoms with Crippen molar-refractivity contribution >= 4 is 29.5 Å². The van der Waals surface area contributed by atoms with E-state index in [-0.39, 0.29) is 36.3 Å². The van der Waals surface area contributed by atoms with E-state index in [0.717, 1.165) is 12.8 Å². The van der Waals surface area contributed by atoms with Crippen LogP contribution in [0.3, 0.4) is 0 Å². The van der Waals surface area contributed by atoms with Crippen molar-refractivity contribution in [3.63, 3.8) is 0 Å². The molecule has 2 aliphatic rings. The van der Waals surface area contributed by atoms with Crippen LogP contribution >= 0.6 is 0 Å². The topological polar surface area (TPSA) is 101 Å². The number of ether oxygens (including phenoxy) is 1. The number of piperidine rings is 1. The van der Waals surface area contributed by atoms with Crippen molar-refractivity contribution in [2.75, 3.05) is 13.1 Å². The maximum absolute atomic E-state index is 13.1. The Hall–Kier alpha value is -3.03. The molecule has 0 aliphatic carbocycles. The molecule has 0 radical (unpaired) electrons. The Balaban J connectivity index is 1.48. The van der Waals surface area contributed by atoms with Crippen molar-refractivity contribution in [3.8, 4) is 0 Å². The maximum atomic E-state index is 13.1. The first-order chi connectivity index (χ1) is 16.3. The summed E-state index contributed by atoms with van der Waals surface area (Å²) in [4.78, 5) is 64.5. The Bertz CT molecular complexity index is 923. The lowest BCUT2D eigenvalue weighted by molar-refractivity contribution is -0.199. The van der Waals surface area contributed by atoms with Gasteiger partial charge in [0.2, 0.25) is 5.91 Å². The fourth-order valence-electron chi connectivity index (χ4n) is 4.75. The molecule has 0 bridgehead atoms. The standard InChI is InChI=1S/C26H34N2O6/c1-3-26(34-23(31)15-14-19(2)29)16-8-10-18-28(26)22(30)13-5-4-9-17-27-24(32)20-11-6-7-12-21(20)25(27)33/h6-7,11-12H,3-5,8-10,13-18H2,1-2H3. The van der Waals surface area contributed by atoms with Gasteiger partial charge in [-0.3, -0.25) is 24.1 Å². The molecule has 2 aliphatic heterocycles. The van der Waals surface area contributed by atoms with Gasteiger partial charge in [0, 0.05) is 38.8 Å². The van der Waals surface area contributed by atoms with Gasteiger partial charge in [-0.1, -0.05) is 25.5 Å². The lowest BCUT2D eigenvalue weighted by Gasteiger charge is -2.46. The number of hydrogen-bond donors (Lipinski definition) is 0. The molecular formula is C26H34N2O6. The third kappa shape index (κ3) is 5.72. The van der Waals surface area contributed by atoms with Gasteiger partial charge in [-0.05, 0) is 44.7 Å². The number of hydrogen-bond acceptors (Lipinski definition) is 6. The van der Waals surface area contributed by atoms with E-state index in [1.165, 1.54) is 11.8 Å². The third-order valence-corrected chi connectivity index (χ3v) is 6.68. The molecule has 1 saturated heterocycles. The molecule has 0 aromatic heterocycles. The third-order valence-electron chi connectivity index (χ3n) is 6.68. The van der Waals surface area contributed by atoms with E-state index in [9.17, 15) is 24.0 Å². The summed E-state index contributed by atoms with van der Waals surface area (Å²) >= 11 is 0. The zero-order valence-corrected chi connectivity index (χ0v) is 20.1. The Morgan fingerprint density at radius 2 is 1.62 bits per heavy atom. The van der Waals surface area contributed by atoms with E-state index < -0.39 is 11.7 Å². The minimum Gasteiger partial charge on any atom is -0.439 e. The van der Waals surface area contributed by atoms with Crippen LogP contribution in [-0.2, 0) is 19.1 Å². The number of nitrogens with zero attached hydrogens (tertiary/aromatic N) is 2. The molecule has 3 rings (SSSR count). The highest BCUT2D eigenvalue weighted by Gasteiger charge is 2.43. The molecule has 1 fully saturated rings. The first-order valence-electron chi connectivity index (χ1n) is 12.3. The molecule has 0 N–H and O–H groups in total. The van der Waals surface area contributed by atoms with Crippen molar-refractivity contribution in [2.24, 2.45) is 0 Å². The number of rotatable bonds is 11. The highest BCUT2D eigenvalue weighted by atomic mass is 16.6. The van der Waals surface area contributed by atoms with Gasteiger partial charge in [0.05, 0.1) is 17.5 Å². The van der Waals surface area contributed by atoms with Crippen molar-refractivity contribution in [1.82, 2.24) is 9.80 Å². The molecule has 1 aromatic carbocycles. The van der Waals surface area contributed by atoms with Gasteiger partial charge >= 0.3 is 5.97 Å². The van der Waals surface area contributed by atoms with Crippen LogP contribution < -0.4 is 0 Å². The van der Waals surface area contributed by atoms with Crippen molar-refractivity contribution in [2.45, 2.75) is 83.8 Å². The van der Waals surface area contributed by atoms with Crippen LogP contribution in [0.5, 0.6) is 0 Å². The van der Waals surface area contributed by atoms with E-state index >= 15 is 0 Å². The zero-order valence-electron chi connectivity index (χ0n) is 20.1. The molecule has 1 unspecified atom stereocenters. The van der Waals surface area contributed by atoms with Gasteiger partial charge in [-0.2, -0.15) is 0 Å². The number of fused-ring (bicyclic) bond motifs is 1. The predicted molar refractivity (Wildman–Crippen MR) is 125 cm³/mol. The second kappa shape index (κ2) is 11.4. The van der Waals surface area contributed by atoms with Crippen LogP contribution in [0.4, 0.5) is 0 Å². The number of ketones is 1. The maximum Gasteiger partial charge on any atom is 0.308 e. The fraction of sp³-hybridized carbons (Fsp3) is 0.577. The summed E-state index contributed by atoms with van der Waals surface area (Å²) in [6.45, 7) is 4.22. The Labute approximate surface area is 200 Å². The number of unbranched alkanes of at least 4 members (excludes halogenated alkanes) is 2. The summed E-state index contributed by atoms with van der Waals surface area (Å²) in [7, 11) is 0. The van der Waals surface area contributed by atoms with Crippen molar-refractivity contribution in [3.05, 3.63) is 35.4 Å². The van der Waals surface area contributed by atoms with Gasteiger partial charge in [-0.25, -0.2) is 0 Å². The minimum absolute atomic E-state index is 0.0247. The largest absolute Gasteiger partial charge is 0.439 e. The highest BCUT2D eigenvalue weighted by molar-refractivity contribution is 6.21. The molecule has 184 valence electrons. The predicted octanol–water partition coefficient (Wildman–Crippen LogP) is 3.87. The fourth-order valence-corrected chi connectivity index (χ4v) is 4.75. The van der Waals surface area contributed by atoms with Gasteiger partial charge < -0.3 is 14.4 Å². The number of esters is 1. The molecule has 8 nitrogen and oxygen atoms in total. The number of Topliss-reactive ketones (excluding diaryl/α,β-unsaturated/α-hetero) is 1. The second-order valence-electron chi connectivity index (χ2n) is 9.10. The van der Waals surface area contributed by atoms with Gasteiger partial charge in [-0.15, -0.1) is 0 Å². The number of amides is 3. The van der Waals surface area contributed by atoms with E-state index in [2.05, 4.69) is 0 Å². The summed E-state index contributed by atoms with van der Waals surface area (Å²) in [5.41, 5.74) is -0.0494. The van der Waals surface area contributed by atoms with Crippen LogP contribution in [0.1, 0.15) is 98.8 Å². The molecule has 2 heterocycles. The average Bonchev–Trinajstić information content (AvgIpc) is 3.07. The van der Waals surface area contributed by atoms with Crippen LogP contribution in [0.15, 0.2) is 24.3 Å². The molecule has 34 heavy (non-hydrogen) atoms. The average molecular weight is 471 g/mol. The van der Waals surface area contributed by atoms with Crippen LogP contribution in [-0.4, -0.2) is 58.1 Å². The van der Waals surface area contributed by atoms with E-state index in [0.29, 0.717) is 62.7 Å². The van der Waals surface area contributed by atoms with E-state index in [4.69, 9.17) is 4.74 Å². The second-order valence-corrected chi connectivity index (χ2v) is 9.10. The Morgan fingerprint density at radius 1 is 0.941 bits per heavy atom.